The zero-order valence-electron chi connectivity index (χ0n) is 37.9. The van der Waals surface area contributed by atoms with E-state index in [-0.39, 0.29) is 24.9 Å². The van der Waals surface area contributed by atoms with E-state index >= 15 is 0 Å². The van der Waals surface area contributed by atoms with Crippen LogP contribution in [-0.4, -0.2) is 46.9 Å². The van der Waals surface area contributed by atoms with Crippen LogP contribution in [0.15, 0.2) is 72.9 Å². The van der Waals surface area contributed by atoms with Crippen molar-refractivity contribution in [2.24, 2.45) is 0 Å². The van der Waals surface area contributed by atoms with Gasteiger partial charge in [-0.25, -0.2) is 0 Å². The first-order valence-corrected chi connectivity index (χ1v) is 24.2. The quantitative estimate of drug-likeness (QED) is 0.0247. The number of nitrogens with one attached hydrogen (secondary N) is 1. The van der Waals surface area contributed by atoms with Gasteiger partial charge in [0.2, 0.25) is 5.91 Å². The first-order chi connectivity index (χ1) is 28.5. The van der Waals surface area contributed by atoms with Gasteiger partial charge in [0.25, 0.3) is 0 Å². The molecule has 1 amide bonds. The molecule has 0 aliphatic heterocycles. The van der Waals surface area contributed by atoms with Gasteiger partial charge in [-0.2, -0.15) is 0 Å². The summed E-state index contributed by atoms with van der Waals surface area (Å²) in [6, 6.07) is -0.726. The lowest BCUT2D eigenvalue weighted by molar-refractivity contribution is -0.151. The molecule has 3 N–H and O–H groups in total. The molecule has 0 aliphatic rings. The van der Waals surface area contributed by atoms with Crippen LogP contribution in [0.4, 0.5) is 0 Å². The molecule has 0 heterocycles. The Kier molecular flexibility index (Phi) is 43.3. The van der Waals surface area contributed by atoms with Gasteiger partial charge in [0.1, 0.15) is 6.10 Å². The Morgan fingerprint density at radius 1 is 0.517 bits per heavy atom. The van der Waals surface area contributed by atoms with Crippen LogP contribution in [0.1, 0.15) is 220 Å². The van der Waals surface area contributed by atoms with E-state index in [9.17, 15) is 19.8 Å². The molecule has 3 unspecified atom stereocenters. The molecule has 334 valence electrons. The van der Waals surface area contributed by atoms with E-state index in [0.717, 1.165) is 57.8 Å². The molecule has 0 saturated carbocycles. The van der Waals surface area contributed by atoms with Gasteiger partial charge in [-0.15, -0.1) is 0 Å². The highest BCUT2D eigenvalue weighted by Crippen LogP contribution is 2.17. The van der Waals surface area contributed by atoms with Gasteiger partial charge in [0.15, 0.2) is 0 Å². The second kappa shape index (κ2) is 45.4. The highest BCUT2D eigenvalue weighted by atomic mass is 16.5. The van der Waals surface area contributed by atoms with E-state index < -0.39 is 18.2 Å². The molecule has 0 saturated heterocycles. The minimum absolute atomic E-state index is 0.0246. The third kappa shape index (κ3) is 40.1. The number of carbonyl (C=O) groups is 2. The lowest BCUT2D eigenvalue weighted by atomic mass is 10.0. The van der Waals surface area contributed by atoms with Gasteiger partial charge < -0.3 is 20.3 Å². The van der Waals surface area contributed by atoms with E-state index in [2.05, 4.69) is 50.4 Å². The number of rotatable bonds is 42. The Hall–Kier alpha value is -2.70. The molecule has 58 heavy (non-hydrogen) atoms. The second-order valence-electron chi connectivity index (χ2n) is 16.2. The van der Waals surface area contributed by atoms with Gasteiger partial charge in [0.05, 0.1) is 25.2 Å². The summed E-state index contributed by atoms with van der Waals surface area (Å²) in [5.41, 5.74) is 0. The fourth-order valence-corrected chi connectivity index (χ4v) is 6.98. The molecular weight excluding hydrogens is 719 g/mol. The Morgan fingerprint density at radius 3 is 1.50 bits per heavy atom. The number of carbonyl (C=O) groups excluding carboxylic acids is 2. The number of ether oxygens (including phenoxy) is 1. The number of aliphatic hydroxyl groups excluding tert-OH is 2. The van der Waals surface area contributed by atoms with E-state index in [0.29, 0.717) is 19.3 Å². The summed E-state index contributed by atoms with van der Waals surface area (Å²) in [7, 11) is 0. The van der Waals surface area contributed by atoms with Crippen LogP contribution in [0.2, 0.25) is 0 Å². The lowest BCUT2D eigenvalue weighted by Gasteiger charge is -2.24. The van der Waals surface area contributed by atoms with Crippen molar-refractivity contribution < 1.29 is 24.5 Å². The zero-order chi connectivity index (χ0) is 42.4. The Morgan fingerprint density at radius 2 is 0.966 bits per heavy atom. The maximum absolute atomic E-state index is 13.1. The predicted octanol–water partition coefficient (Wildman–Crippen LogP) is 14.2. The van der Waals surface area contributed by atoms with Crippen LogP contribution in [0.5, 0.6) is 0 Å². The first kappa shape index (κ1) is 55.3. The lowest BCUT2D eigenvalue weighted by Crippen LogP contribution is -2.46. The summed E-state index contributed by atoms with van der Waals surface area (Å²) in [6.07, 6.45) is 56.8. The molecule has 3 atom stereocenters. The van der Waals surface area contributed by atoms with E-state index in [1.165, 1.54) is 116 Å². The monoisotopic (exact) mass is 810 g/mol. The smallest absolute Gasteiger partial charge is 0.306 e. The first-order valence-electron chi connectivity index (χ1n) is 24.2. The molecule has 0 aromatic rings. The fourth-order valence-electron chi connectivity index (χ4n) is 6.98. The molecule has 0 fully saturated rings. The molecule has 6 heteroatoms. The Labute approximate surface area is 358 Å². The van der Waals surface area contributed by atoms with Gasteiger partial charge in [-0.3, -0.25) is 9.59 Å². The topological polar surface area (TPSA) is 95.9 Å². The summed E-state index contributed by atoms with van der Waals surface area (Å²) in [4.78, 5) is 26.0. The summed E-state index contributed by atoms with van der Waals surface area (Å²) in [6.45, 7) is 6.29. The molecule has 6 nitrogen and oxygen atoms in total. The maximum Gasteiger partial charge on any atom is 0.306 e. The summed E-state index contributed by atoms with van der Waals surface area (Å²) >= 11 is 0. The third-order valence-corrected chi connectivity index (χ3v) is 10.6. The number of hydrogen-bond donors (Lipinski definition) is 3. The van der Waals surface area contributed by atoms with E-state index in [1.54, 1.807) is 0 Å². The summed E-state index contributed by atoms with van der Waals surface area (Å²) in [5.74, 6) is -0.555. The van der Waals surface area contributed by atoms with Gasteiger partial charge in [-0.1, -0.05) is 216 Å². The molecule has 0 radical (unpaired) electrons. The largest absolute Gasteiger partial charge is 0.462 e. The zero-order valence-corrected chi connectivity index (χ0v) is 37.9. The average Bonchev–Trinajstić information content (AvgIpc) is 3.22. The van der Waals surface area contributed by atoms with Crippen molar-refractivity contribution in [1.82, 2.24) is 5.32 Å². The predicted molar refractivity (Wildman–Crippen MR) is 250 cm³/mol. The molecule has 0 aromatic heterocycles. The second-order valence-corrected chi connectivity index (χ2v) is 16.2. The normalized spacial score (nSPS) is 13.9. The number of esters is 1. The van der Waals surface area contributed by atoms with Crippen LogP contribution in [0, 0.1) is 0 Å². The molecule has 0 bridgehead atoms. The SMILES string of the molecule is CC/C=C/C=C/C=C\C=C/C=C/CCCC(CC(=O)NC(CO)C(O)CCCCCCCCCCCCC)OC(=O)CCCCCCCCC/C=C\CCCCCC. The van der Waals surface area contributed by atoms with Crippen LogP contribution in [-0.2, 0) is 14.3 Å². The summed E-state index contributed by atoms with van der Waals surface area (Å²) in [5, 5.41) is 23.6. The molecule has 0 rings (SSSR count). The number of unbranched alkanes of at least 4 members (excludes halogenated alkanes) is 22. The Bertz CT molecular complexity index is 1090. The van der Waals surface area contributed by atoms with Crippen molar-refractivity contribution in [3.8, 4) is 0 Å². The van der Waals surface area contributed by atoms with Gasteiger partial charge in [0, 0.05) is 6.42 Å². The van der Waals surface area contributed by atoms with E-state index in [4.69, 9.17) is 4.74 Å². The highest BCUT2D eigenvalue weighted by Gasteiger charge is 2.24. The minimum atomic E-state index is -0.808. The average molecular weight is 810 g/mol. The van der Waals surface area contributed by atoms with Crippen molar-refractivity contribution in [3.63, 3.8) is 0 Å². The van der Waals surface area contributed by atoms with Crippen LogP contribution in [0.3, 0.4) is 0 Å². The molecule has 0 spiro atoms. The van der Waals surface area contributed by atoms with Crippen molar-refractivity contribution in [1.29, 1.82) is 0 Å². The van der Waals surface area contributed by atoms with Crippen molar-refractivity contribution in [3.05, 3.63) is 72.9 Å². The molecule has 0 aliphatic carbocycles. The number of allylic oxidation sites excluding steroid dienone is 12. The van der Waals surface area contributed by atoms with Crippen molar-refractivity contribution in [2.75, 3.05) is 6.61 Å². The maximum atomic E-state index is 13.1. The number of aliphatic hydroxyl groups is 2. The summed E-state index contributed by atoms with van der Waals surface area (Å²) < 4.78 is 5.88. The highest BCUT2D eigenvalue weighted by molar-refractivity contribution is 5.77. The Balaban J connectivity index is 4.71. The van der Waals surface area contributed by atoms with Gasteiger partial charge >= 0.3 is 5.97 Å². The minimum Gasteiger partial charge on any atom is -0.462 e. The molecular formula is C52H91NO5. The molecule has 0 aromatic carbocycles. The van der Waals surface area contributed by atoms with Crippen LogP contribution < -0.4 is 5.32 Å². The van der Waals surface area contributed by atoms with Crippen LogP contribution >= 0.6 is 0 Å². The third-order valence-electron chi connectivity index (χ3n) is 10.6. The fraction of sp³-hybridized carbons (Fsp3) is 0.731. The van der Waals surface area contributed by atoms with Crippen molar-refractivity contribution in [2.45, 2.75) is 238 Å². The van der Waals surface area contributed by atoms with Crippen molar-refractivity contribution >= 4 is 11.9 Å². The number of hydrogen-bond acceptors (Lipinski definition) is 5. The van der Waals surface area contributed by atoms with Crippen LogP contribution in [0.25, 0.3) is 0 Å². The standard InChI is InChI=1S/C52H91NO5/c1-4-7-10-13-16-19-22-24-25-27-30-33-36-39-42-45-52(57)58-48(43-40-37-34-31-29-26-23-20-17-14-11-8-5-2)46-51(56)53-49(47-54)50(55)44-41-38-35-32-28-21-18-15-12-9-6-3/h8,11,14,17,19-20,22-23,26,29,31,34,48-50,54-55H,4-7,9-10,12-13,15-16,18,21,24-25,27-28,30,32-33,35-47H2,1-3H3,(H,53,56)/b11-8+,17-14+,22-19-,23-20-,29-26-,34-31+. The number of amides is 1. The van der Waals surface area contributed by atoms with E-state index in [1.807, 2.05) is 48.6 Å². The van der Waals surface area contributed by atoms with Gasteiger partial charge in [-0.05, 0) is 64.2 Å².